The number of nitrogen functional groups attached to an aromatic ring is 1. The predicted octanol–water partition coefficient (Wildman–Crippen LogP) is 3.63. The lowest BCUT2D eigenvalue weighted by atomic mass is 10.1. The molecule has 0 spiro atoms. The topological polar surface area (TPSA) is 55.1 Å². The quantitative estimate of drug-likeness (QED) is 0.846. The van der Waals surface area contributed by atoms with Gasteiger partial charge in [0.15, 0.2) is 5.82 Å². The van der Waals surface area contributed by atoms with Gasteiger partial charge in [0.1, 0.15) is 0 Å². The van der Waals surface area contributed by atoms with Crippen molar-refractivity contribution in [1.82, 2.24) is 0 Å². The molecule has 1 amide bonds. The zero-order chi connectivity index (χ0) is 14.5. The number of nitrogens with two attached hydrogens (primary N) is 1. The number of carbonyl (C=O) groups is 1. The Morgan fingerprint density at radius 1 is 1.20 bits per heavy atom. The number of anilines is 2. The van der Waals surface area contributed by atoms with Gasteiger partial charge in [0.25, 0.3) is 0 Å². The third kappa shape index (κ3) is 3.71. The lowest BCUT2D eigenvalue weighted by Gasteiger charge is -2.07. The molecule has 3 N–H and O–H groups in total. The molecular weight excluding hydrogens is 279 g/mol. The van der Waals surface area contributed by atoms with Crippen LogP contribution in [0.2, 0.25) is 5.02 Å². The monoisotopic (exact) mass is 292 g/mol. The van der Waals surface area contributed by atoms with E-state index in [-0.39, 0.29) is 23.0 Å². The summed E-state index contributed by atoms with van der Waals surface area (Å²) in [5, 5.41) is 2.50. The Labute approximate surface area is 121 Å². The third-order valence-corrected chi connectivity index (χ3v) is 3.14. The number of halogens is 2. The zero-order valence-electron chi connectivity index (χ0n) is 10.7. The standard InChI is InChI=1S/C15H14ClFN2O/c16-12-2-1-3-13(15(12)17)19-14(20)9-6-10-4-7-11(18)8-5-10/h1-5,7-8H,6,9,18H2,(H,19,20). The van der Waals surface area contributed by atoms with Crippen molar-refractivity contribution in [2.24, 2.45) is 0 Å². The molecule has 2 rings (SSSR count). The number of nitrogens with one attached hydrogen (secondary N) is 1. The van der Waals surface area contributed by atoms with Gasteiger partial charge in [0.2, 0.25) is 5.91 Å². The van der Waals surface area contributed by atoms with E-state index in [2.05, 4.69) is 5.32 Å². The van der Waals surface area contributed by atoms with Crippen LogP contribution in [0.5, 0.6) is 0 Å². The molecule has 0 aliphatic heterocycles. The minimum absolute atomic E-state index is 0.0127. The number of benzene rings is 2. The molecule has 0 unspecified atom stereocenters. The van der Waals surface area contributed by atoms with Crippen molar-refractivity contribution in [1.29, 1.82) is 0 Å². The van der Waals surface area contributed by atoms with E-state index in [1.165, 1.54) is 12.1 Å². The first-order valence-electron chi connectivity index (χ1n) is 6.14. The van der Waals surface area contributed by atoms with Crippen LogP contribution in [0.25, 0.3) is 0 Å². The van der Waals surface area contributed by atoms with Crippen LogP contribution in [-0.4, -0.2) is 5.91 Å². The molecule has 20 heavy (non-hydrogen) atoms. The van der Waals surface area contributed by atoms with Gasteiger partial charge < -0.3 is 11.1 Å². The minimum Gasteiger partial charge on any atom is -0.399 e. The van der Waals surface area contributed by atoms with Gasteiger partial charge >= 0.3 is 0 Å². The van der Waals surface area contributed by atoms with Gasteiger partial charge in [-0.3, -0.25) is 4.79 Å². The highest BCUT2D eigenvalue weighted by Gasteiger charge is 2.09. The lowest BCUT2D eigenvalue weighted by molar-refractivity contribution is -0.116. The Hall–Kier alpha value is -2.07. The highest BCUT2D eigenvalue weighted by molar-refractivity contribution is 6.31. The Bertz CT molecular complexity index is 614. The van der Waals surface area contributed by atoms with Crippen molar-refractivity contribution < 1.29 is 9.18 Å². The van der Waals surface area contributed by atoms with Gasteiger partial charge in [-0.05, 0) is 36.2 Å². The molecule has 0 atom stereocenters. The van der Waals surface area contributed by atoms with Gasteiger partial charge in [-0.1, -0.05) is 29.8 Å². The summed E-state index contributed by atoms with van der Waals surface area (Å²) in [5.41, 5.74) is 7.36. The molecule has 3 nitrogen and oxygen atoms in total. The van der Waals surface area contributed by atoms with Gasteiger partial charge in [0.05, 0.1) is 10.7 Å². The third-order valence-electron chi connectivity index (χ3n) is 2.85. The van der Waals surface area contributed by atoms with Gasteiger partial charge in [-0.15, -0.1) is 0 Å². The van der Waals surface area contributed by atoms with Crippen LogP contribution < -0.4 is 11.1 Å². The van der Waals surface area contributed by atoms with Crippen molar-refractivity contribution in [2.75, 3.05) is 11.1 Å². The van der Waals surface area contributed by atoms with Crippen LogP contribution in [0, 0.1) is 5.82 Å². The maximum atomic E-state index is 13.6. The molecule has 0 radical (unpaired) electrons. The molecule has 0 saturated heterocycles. The second-order valence-electron chi connectivity index (χ2n) is 4.39. The van der Waals surface area contributed by atoms with Gasteiger partial charge in [-0.25, -0.2) is 4.39 Å². The van der Waals surface area contributed by atoms with Crippen LogP contribution in [0.4, 0.5) is 15.8 Å². The molecular formula is C15H14ClFN2O. The number of carbonyl (C=O) groups excluding carboxylic acids is 1. The van der Waals surface area contributed by atoms with Gasteiger partial charge in [-0.2, -0.15) is 0 Å². The summed E-state index contributed by atoms with van der Waals surface area (Å²) in [4.78, 5) is 11.8. The summed E-state index contributed by atoms with van der Waals surface area (Å²) in [5.74, 6) is -0.877. The zero-order valence-corrected chi connectivity index (χ0v) is 11.5. The average molecular weight is 293 g/mol. The molecule has 2 aromatic carbocycles. The normalized spacial score (nSPS) is 10.3. The molecule has 2 aromatic rings. The maximum absolute atomic E-state index is 13.6. The van der Waals surface area contributed by atoms with E-state index in [1.807, 2.05) is 12.1 Å². The van der Waals surface area contributed by atoms with Crippen molar-refractivity contribution >= 4 is 28.9 Å². The highest BCUT2D eigenvalue weighted by Crippen LogP contribution is 2.22. The van der Waals surface area contributed by atoms with Gasteiger partial charge in [0, 0.05) is 12.1 Å². The van der Waals surface area contributed by atoms with Crippen LogP contribution >= 0.6 is 11.6 Å². The first-order chi connectivity index (χ1) is 9.56. The predicted molar refractivity (Wildman–Crippen MR) is 79.2 cm³/mol. The first-order valence-corrected chi connectivity index (χ1v) is 6.52. The largest absolute Gasteiger partial charge is 0.399 e. The van der Waals surface area contributed by atoms with E-state index in [4.69, 9.17) is 17.3 Å². The fraction of sp³-hybridized carbons (Fsp3) is 0.133. The molecule has 0 aliphatic rings. The van der Waals surface area contributed by atoms with E-state index in [0.29, 0.717) is 12.1 Å². The van der Waals surface area contributed by atoms with Crippen molar-refractivity contribution in [3.8, 4) is 0 Å². The number of rotatable bonds is 4. The fourth-order valence-electron chi connectivity index (χ4n) is 1.76. The van der Waals surface area contributed by atoms with E-state index < -0.39 is 5.82 Å². The number of hydrogen-bond donors (Lipinski definition) is 2. The number of hydrogen-bond acceptors (Lipinski definition) is 2. The summed E-state index contributed by atoms with van der Waals surface area (Å²) in [6.07, 6.45) is 0.824. The summed E-state index contributed by atoms with van der Waals surface area (Å²) < 4.78 is 13.6. The smallest absolute Gasteiger partial charge is 0.224 e. The Balaban J connectivity index is 1.92. The molecule has 0 bridgehead atoms. The fourth-order valence-corrected chi connectivity index (χ4v) is 1.93. The molecule has 5 heteroatoms. The second-order valence-corrected chi connectivity index (χ2v) is 4.80. The van der Waals surface area contributed by atoms with E-state index in [9.17, 15) is 9.18 Å². The Morgan fingerprint density at radius 3 is 2.60 bits per heavy atom. The highest BCUT2D eigenvalue weighted by atomic mass is 35.5. The summed E-state index contributed by atoms with van der Waals surface area (Å²) in [6, 6.07) is 11.8. The molecule has 104 valence electrons. The lowest BCUT2D eigenvalue weighted by Crippen LogP contribution is -2.13. The number of aryl methyl sites for hydroxylation is 1. The van der Waals surface area contributed by atoms with E-state index in [1.54, 1.807) is 18.2 Å². The number of amides is 1. The summed E-state index contributed by atoms with van der Waals surface area (Å²) in [6.45, 7) is 0. The molecule has 0 aromatic heterocycles. The average Bonchev–Trinajstić information content (AvgIpc) is 2.43. The first kappa shape index (κ1) is 14.3. The van der Waals surface area contributed by atoms with Crippen molar-refractivity contribution in [3.63, 3.8) is 0 Å². The van der Waals surface area contributed by atoms with Crippen LogP contribution in [0.15, 0.2) is 42.5 Å². The van der Waals surface area contributed by atoms with Crippen LogP contribution in [0.1, 0.15) is 12.0 Å². The maximum Gasteiger partial charge on any atom is 0.224 e. The summed E-state index contributed by atoms with van der Waals surface area (Å²) in [7, 11) is 0. The second kappa shape index (κ2) is 6.39. The minimum atomic E-state index is -0.616. The van der Waals surface area contributed by atoms with Crippen LogP contribution in [0.3, 0.4) is 0 Å². The SMILES string of the molecule is Nc1ccc(CCC(=O)Nc2cccc(Cl)c2F)cc1. The Kier molecular flexibility index (Phi) is 4.58. The summed E-state index contributed by atoms with van der Waals surface area (Å²) >= 11 is 5.65. The molecule has 0 heterocycles. The molecule has 0 fully saturated rings. The van der Waals surface area contributed by atoms with Crippen molar-refractivity contribution in [2.45, 2.75) is 12.8 Å². The Morgan fingerprint density at radius 2 is 1.90 bits per heavy atom. The van der Waals surface area contributed by atoms with Crippen LogP contribution in [-0.2, 0) is 11.2 Å². The molecule has 0 saturated carbocycles. The van der Waals surface area contributed by atoms with E-state index in [0.717, 1.165) is 5.56 Å². The van der Waals surface area contributed by atoms with Crippen molar-refractivity contribution in [3.05, 3.63) is 58.9 Å². The van der Waals surface area contributed by atoms with E-state index >= 15 is 0 Å². The molecule has 0 aliphatic carbocycles.